The topological polar surface area (TPSA) is 91.6 Å². The molecule has 0 aliphatic heterocycles. The lowest BCUT2D eigenvalue weighted by molar-refractivity contribution is -0.121. The molecule has 0 bridgehead atoms. The van der Waals surface area contributed by atoms with E-state index in [0.717, 1.165) is 23.4 Å². The summed E-state index contributed by atoms with van der Waals surface area (Å²) >= 11 is 1.71. The van der Waals surface area contributed by atoms with Gasteiger partial charge in [-0.2, -0.15) is 11.8 Å². The number of carbonyl (C=O) groups excluding carboxylic acids is 2. The van der Waals surface area contributed by atoms with Gasteiger partial charge in [0.2, 0.25) is 5.91 Å². The molecule has 0 fully saturated rings. The van der Waals surface area contributed by atoms with Crippen molar-refractivity contribution in [2.75, 3.05) is 25.6 Å². The number of rotatable bonds is 10. The smallest absolute Gasteiger partial charge is 0.317 e. The molecule has 0 aliphatic carbocycles. The van der Waals surface area contributed by atoms with Crippen LogP contribution in [0.15, 0.2) is 54.7 Å². The van der Waals surface area contributed by atoms with Crippen LogP contribution >= 0.6 is 11.8 Å². The van der Waals surface area contributed by atoms with Crippen LogP contribution in [0.3, 0.4) is 0 Å². The first kappa shape index (κ1) is 22.6. The Bertz CT molecular complexity index is 994. The normalized spacial score (nSPS) is 11.8. The van der Waals surface area contributed by atoms with Crippen molar-refractivity contribution in [3.05, 3.63) is 66.1 Å². The predicted octanol–water partition coefficient (Wildman–Crippen LogP) is 2.87. The molecule has 0 aliphatic rings. The summed E-state index contributed by atoms with van der Waals surface area (Å²) in [6.45, 7) is 0.773. The lowest BCUT2D eigenvalue weighted by atomic mass is 10.2. The number of amides is 3. The molecule has 9 heteroatoms. The molecule has 3 aromatic rings. The Morgan fingerprint density at radius 2 is 1.90 bits per heavy atom. The molecule has 3 rings (SSSR count). The van der Waals surface area contributed by atoms with E-state index < -0.39 is 0 Å². The zero-order valence-electron chi connectivity index (χ0n) is 17.8. The number of carbonyl (C=O) groups is 2. The van der Waals surface area contributed by atoms with Crippen LogP contribution in [0.25, 0.3) is 5.65 Å². The molecule has 0 spiro atoms. The van der Waals surface area contributed by atoms with Crippen molar-refractivity contribution in [2.24, 2.45) is 0 Å². The largest absolute Gasteiger partial charge is 0.346 e. The third kappa shape index (κ3) is 6.45. The number of urea groups is 1. The molecular weight excluding hydrogens is 412 g/mol. The summed E-state index contributed by atoms with van der Waals surface area (Å²) in [6.07, 6.45) is 4.86. The molecule has 8 nitrogen and oxygen atoms in total. The molecule has 2 N–H and O–H groups in total. The van der Waals surface area contributed by atoms with Gasteiger partial charge in [0.1, 0.15) is 0 Å². The monoisotopic (exact) mass is 440 g/mol. The Labute approximate surface area is 186 Å². The zero-order chi connectivity index (χ0) is 22.1. The highest BCUT2D eigenvalue weighted by atomic mass is 32.2. The fraction of sp³-hybridized carbons (Fsp3) is 0.364. The van der Waals surface area contributed by atoms with Gasteiger partial charge in [0.15, 0.2) is 11.5 Å². The van der Waals surface area contributed by atoms with Crippen molar-refractivity contribution >= 4 is 29.3 Å². The van der Waals surface area contributed by atoms with Gasteiger partial charge in [0, 0.05) is 32.8 Å². The third-order valence-corrected chi connectivity index (χ3v) is 5.48. The highest BCUT2D eigenvalue weighted by Gasteiger charge is 2.20. The summed E-state index contributed by atoms with van der Waals surface area (Å²) in [5.41, 5.74) is 1.80. The van der Waals surface area contributed by atoms with Gasteiger partial charge in [0.25, 0.3) is 0 Å². The fourth-order valence-electron chi connectivity index (χ4n) is 3.21. The number of fused-ring (bicyclic) bond motifs is 1. The quantitative estimate of drug-likeness (QED) is 0.506. The van der Waals surface area contributed by atoms with Gasteiger partial charge >= 0.3 is 6.03 Å². The molecule has 164 valence electrons. The van der Waals surface area contributed by atoms with Crippen LogP contribution in [0.1, 0.15) is 30.3 Å². The summed E-state index contributed by atoms with van der Waals surface area (Å²) in [7, 11) is 1.73. The fourth-order valence-corrected chi connectivity index (χ4v) is 3.68. The lowest BCUT2D eigenvalue weighted by Gasteiger charge is -2.19. The molecule has 1 atom stereocenters. The van der Waals surface area contributed by atoms with Gasteiger partial charge in [-0.15, -0.1) is 10.2 Å². The van der Waals surface area contributed by atoms with Gasteiger partial charge < -0.3 is 15.5 Å². The van der Waals surface area contributed by atoms with Crippen molar-refractivity contribution in [1.29, 1.82) is 0 Å². The number of hydrogen-bond acceptors (Lipinski definition) is 5. The van der Waals surface area contributed by atoms with Crippen LogP contribution in [0.5, 0.6) is 0 Å². The van der Waals surface area contributed by atoms with Gasteiger partial charge in [-0.05, 0) is 36.1 Å². The van der Waals surface area contributed by atoms with E-state index in [0.29, 0.717) is 12.4 Å². The maximum Gasteiger partial charge on any atom is 0.317 e. The van der Waals surface area contributed by atoms with Gasteiger partial charge in [-0.3, -0.25) is 9.20 Å². The van der Waals surface area contributed by atoms with Crippen molar-refractivity contribution < 1.29 is 9.59 Å². The number of pyridine rings is 1. The molecule has 0 saturated heterocycles. The minimum atomic E-state index is -0.242. The average molecular weight is 441 g/mol. The Morgan fingerprint density at radius 3 is 2.68 bits per heavy atom. The van der Waals surface area contributed by atoms with E-state index in [2.05, 4.69) is 20.8 Å². The molecule has 0 radical (unpaired) electrons. The molecule has 31 heavy (non-hydrogen) atoms. The summed E-state index contributed by atoms with van der Waals surface area (Å²) < 4.78 is 1.89. The van der Waals surface area contributed by atoms with Gasteiger partial charge in [0.05, 0.1) is 6.04 Å². The minimum absolute atomic E-state index is 0.134. The van der Waals surface area contributed by atoms with E-state index in [4.69, 9.17) is 0 Å². The van der Waals surface area contributed by atoms with E-state index in [1.807, 2.05) is 65.4 Å². The van der Waals surface area contributed by atoms with Crippen molar-refractivity contribution in [3.8, 4) is 0 Å². The average Bonchev–Trinajstić information content (AvgIpc) is 3.21. The van der Waals surface area contributed by atoms with E-state index in [1.165, 1.54) is 0 Å². The number of aromatic nitrogens is 3. The Hall–Kier alpha value is -3.07. The first-order valence-electron chi connectivity index (χ1n) is 10.2. The second kappa shape index (κ2) is 11.4. The molecule has 1 unspecified atom stereocenters. The van der Waals surface area contributed by atoms with Crippen LogP contribution in [-0.2, 0) is 11.3 Å². The standard InChI is InChI=1S/C22H28N6O2S/c1-27(16-17-8-4-3-5-9-17)22(30)23-13-11-20(29)24-18(12-15-31-2)21-26-25-19-10-6-7-14-28(19)21/h3-10,14,18H,11-13,15-16H2,1-2H3,(H,23,30)(H,24,29). The number of nitrogens with zero attached hydrogens (tertiary/aromatic N) is 4. The number of hydrogen-bond donors (Lipinski definition) is 2. The van der Waals surface area contributed by atoms with Crippen LogP contribution in [-0.4, -0.2) is 57.0 Å². The Balaban J connectivity index is 1.51. The number of benzene rings is 1. The van der Waals surface area contributed by atoms with Gasteiger partial charge in [-0.1, -0.05) is 36.4 Å². The highest BCUT2D eigenvalue weighted by Crippen LogP contribution is 2.18. The van der Waals surface area contributed by atoms with Crippen LogP contribution in [0.2, 0.25) is 0 Å². The number of nitrogens with one attached hydrogen (secondary N) is 2. The Morgan fingerprint density at radius 1 is 1.13 bits per heavy atom. The van der Waals surface area contributed by atoms with E-state index in [9.17, 15) is 9.59 Å². The zero-order valence-corrected chi connectivity index (χ0v) is 18.6. The van der Waals surface area contributed by atoms with Crippen molar-refractivity contribution in [2.45, 2.75) is 25.4 Å². The highest BCUT2D eigenvalue weighted by molar-refractivity contribution is 7.98. The SMILES string of the molecule is CSCCC(NC(=O)CCNC(=O)N(C)Cc1ccccc1)c1nnc2ccccn12. The summed E-state index contributed by atoms with van der Waals surface area (Å²) in [5, 5.41) is 14.3. The van der Waals surface area contributed by atoms with Gasteiger partial charge in [-0.25, -0.2) is 4.79 Å². The molecular formula is C22H28N6O2S. The molecule has 0 saturated carbocycles. The minimum Gasteiger partial charge on any atom is -0.346 e. The Kier molecular flexibility index (Phi) is 8.28. The second-order valence-electron chi connectivity index (χ2n) is 7.21. The van der Waals surface area contributed by atoms with E-state index in [-0.39, 0.29) is 30.9 Å². The molecule has 2 aromatic heterocycles. The maximum atomic E-state index is 12.5. The summed E-state index contributed by atoms with van der Waals surface area (Å²) in [5.74, 6) is 1.46. The van der Waals surface area contributed by atoms with Crippen molar-refractivity contribution in [3.63, 3.8) is 0 Å². The molecule has 1 aromatic carbocycles. The van der Waals surface area contributed by atoms with Crippen LogP contribution in [0.4, 0.5) is 4.79 Å². The van der Waals surface area contributed by atoms with Crippen LogP contribution < -0.4 is 10.6 Å². The molecule has 3 amide bonds. The van der Waals surface area contributed by atoms with Crippen LogP contribution in [0, 0.1) is 0 Å². The summed E-state index contributed by atoms with van der Waals surface area (Å²) in [4.78, 5) is 26.4. The van der Waals surface area contributed by atoms with E-state index in [1.54, 1.807) is 23.7 Å². The number of thioether (sulfide) groups is 1. The maximum absolute atomic E-state index is 12.5. The summed E-state index contributed by atoms with van der Waals surface area (Å²) in [6, 6.07) is 15.0. The first-order valence-corrected chi connectivity index (χ1v) is 11.6. The second-order valence-corrected chi connectivity index (χ2v) is 8.20. The van der Waals surface area contributed by atoms with E-state index >= 15 is 0 Å². The molecule has 2 heterocycles. The lowest BCUT2D eigenvalue weighted by Crippen LogP contribution is -2.39. The first-order chi connectivity index (χ1) is 15.1. The van der Waals surface area contributed by atoms with Crippen molar-refractivity contribution in [1.82, 2.24) is 30.1 Å². The predicted molar refractivity (Wildman–Crippen MR) is 123 cm³/mol. The third-order valence-electron chi connectivity index (χ3n) is 4.84.